The molecule has 0 aliphatic heterocycles. The zero-order chi connectivity index (χ0) is 13.9. The van der Waals surface area contributed by atoms with E-state index < -0.39 is 6.17 Å². The number of fused-ring (bicyclic) bond motifs is 1. The van der Waals surface area contributed by atoms with E-state index in [9.17, 15) is 4.39 Å². The molecule has 1 heterocycles. The predicted octanol–water partition coefficient (Wildman–Crippen LogP) is 3.50. The zero-order valence-electron chi connectivity index (χ0n) is 11.8. The summed E-state index contributed by atoms with van der Waals surface area (Å²) in [5, 5.41) is 4.24. The molecule has 0 saturated heterocycles. The Morgan fingerprint density at radius 2 is 1.95 bits per heavy atom. The van der Waals surface area contributed by atoms with E-state index in [0.29, 0.717) is 13.0 Å². The molecule has 2 aromatic rings. The number of halogens is 1. The van der Waals surface area contributed by atoms with Gasteiger partial charge in [0.15, 0.2) is 0 Å². The summed E-state index contributed by atoms with van der Waals surface area (Å²) in [4.78, 5) is 4.30. The van der Waals surface area contributed by atoms with Crippen LogP contribution in [0.25, 0.3) is 10.9 Å². The van der Waals surface area contributed by atoms with E-state index in [1.807, 2.05) is 51.1 Å². The molecule has 0 spiro atoms. The van der Waals surface area contributed by atoms with Crippen LogP contribution in [-0.4, -0.2) is 23.2 Å². The van der Waals surface area contributed by atoms with Gasteiger partial charge in [-0.1, -0.05) is 18.2 Å². The van der Waals surface area contributed by atoms with Crippen molar-refractivity contribution >= 4 is 10.9 Å². The summed E-state index contributed by atoms with van der Waals surface area (Å²) >= 11 is 0. The summed E-state index contributed by atoms with van der Waals surface area (Å²) in [6, 6.07) is 9.79. The van der Waals surface area contributed by atoms with Crippen LogP contribution in [0.3, 0.4) is 0 Å². The van der Waals surface area contributed by atoms with Crippen molar-refractivity contribution in [3.63, 3.8) is 0 Å². The number of rotatable bonds is 4. The first-order valence-electron chi connectivity index (χ1n) is 6.67. The maximum atomic E-state index is 14.1. The average molecular weight is 260 g/mol. The van der Waals surface area contributed by atoms with Crippen LogP contribution in [0.5, 0.6) is 0 Å². The number of pyridine rings is 1. The first kappa shape index (κ1) is 13.9. The molecule has 2 rings (SSSR count). The number of alkyl halides is 1. The molecular formula is C16H21FN2. The molecule has 1 aromatic carbocycles. The lowest BCUT2D eigenvalue weighted by Gasteiger charge is -2.22. The van der Waals surface area contributed by atoms with Gasteiger partial charge >= 0.3 is 0 Å². The van der Waals surface area contributed by atoms with Crippen molar-refractivity contribution in [2.45, 2.75) is 38.9 Å². The van der Waals surface area contributed by atoms with Gasteiger partial charge < -0.3 is 5.32 Å². The number of aromatic nitrogens is 1. The SMILES string of the molecule is CC(C)(C)NCC(F)Cc1ccnc2ccccc12. The van der Waals surface area contributed by atoms with Gasteiger partial charge in [-0.2, -0.15) is 0 Å². The Bertz CT molecular complexity index is 540. The monoisotopic (exact) mass is 260 g/mol. The van der Waals surface area contributed by atoms with Crippen molar-refractivity contribution in [3.8, 4) is 0 Å². The highest BCUT2D eigenvalue weighted by Crippen LogP contribution is 2.18. The summed E-state index contributed by atoms with van der Waals surface area (Å²) in [7, 11) is 0. The quantitative estimate of drug-likeness (QED) is 0.910. The minimum atomic E-state index is -0.884. The third-order valence-corrected chi connectivity index (χ3v) is 3.03. The van der Waals surface area contributed by atoms with Gasteiger partial charge in [0.05, 0.1) is 5.52 Å². The molecule has 0 amide bonds. The van der Waals surface area contributed by atoms with Gasteiger partial charge in [0.2, 0.25) is 0 Å². The third kappa shape index (κ3) is 4.00. The van der Waals surface area contributed by atoms with Gasteiger partial charge in [0, 0.05) is 30.1 Å². The number of nitrogens with zero attached hydrogens (tertiary/aromatic N) is 1. The molecule has 19 heavy (non-hydrogen) atoms. The lowest BCUT2D eigenvalue weighted by Crippen LogP contribution is -2.40. The Morgan fingerprint density at radius 1 is 1.21 bits per heavy atom. The fourth-order valence-electron chi connectivity index (χ4n) is 2.06. The molecule has 0 saturated carbocycles. The molecular weight excluding hydrogens is 239 g/mol. The van der Waals surface area contributed by atoms with E-state index in [4.69, 9.17) is 0 Å². The van der Waals surface area contributed by atoms with Gasteiger partial charge in [-0.05, 0) is 38.5 Å². The van der Waals surface area contributed by atoms with E-state index in [2.05, 4.69) is 10.3 Å². The van der Waals surface area contributed by atoms with Crippen LogP contribution in [0, 0.1) is 0 Å². The molecule has 3 heteroatoms. The van der Waals surface area contributed by atoms with Crippen LogP contribution in [0.4, 0.5) is 4.39 Å². The van der Waals surface area contributed by atoms with Crippen molar-refractivity contribution in [2.75, 3.05) is 6.54 Å². The second-order valence-electron chi connectivity index (χ2n) is 5.92. The van der Waals surface area contributed by atoms with Crippen molar-refractivity contribution in [1.29, 1.82) is 0 Å². The largest absolute Gasteiger partial charge is 0.309 e. The molecule has 2 nitrogen and oxygen atoms in total. The molecule has 0 radical (unpaired) electrons. The number of benzene rings is 1. The van der Waals surface area contributed by atoms with Gasteiger partial charge in [0.1, 0.15) is 6.17 Å². The van der Waals surface area contributed by atoms with Gasteiger partial charge in [-0.25, -0.2) is 4.39 Å². The van der Waals surface area contributed by atoms with Gasteiger partial charge in [-0.3, -0.25) is 4.98 Å². The minimum absolute atomic E-state index is 0.0509. The highest BCUT2D eigenvalue weighted by molar-refractivity contribution is 5.81. The molecule has 1 atom stereocenters. The van der Waals surface area contributed by atoms with Crippen LogP contribution in [0.2, 0.25) is 0 Å². The molecule has 0 aliphatic rings. The average Bonchev–Trinajstić information content (AvgIpc) is 2.36. The Hall–Kier alpha value is -1.48. The predicted molar refractivity (Wildman–Crippen MR) is 78.1 cm³/mol. The Morgan fingerprint density at radius 3 is 2.68 bits per heavy atom. The fourth-order valence-corrected chi connectivity index (χ4v) is 2.06. The Balaban J connectivity index is 2.09. The topological polar surface area (TPSA) is 24.9 Å². The third-order valence-electron chi connectivity index (χ3n) is 3.03. The molecule has 1 N–H and O–H groups in total. The second-order valence-corrected chi connectivity index (χ2v) is 5.92. The number of nitrogens with one attached hydrogen (secondary N) is 1. The van der Waals surface area contributed by atoms with Crippen LogP contribution in [0.1, 0.15) is 26.3 Å². The smallest absolute Gasteiger partial charge is 0.117 e. The molecule has 0 aliphatic carbocycles. The summed E-state index contributed by atoms with van der Waals surface area (Å²) < 4.78 is 14.1. The second kappa shape index (κ2) is 5.66. The van der Waals surface area contributed by atoms with Crippen LogP contribution in [0.15, 0.2) is 36.5 Å². The normalized spacial score (nSPS) is 13.7. The number of hydrogen-bond donors (Lipinski definition) is 1. The van der Waals surface area contributed by atoms with Gasteiger partial charge in [0.25, 0.3) is 0 Å². The first-order chi connectivity index (χ1) is 8.96. The molecule has 1 unspecified atom stereocenters. The van der Waals surface area contributed by atoms with E-state index in [0.717, 1.165) is 16.5 Å². The molecule has 102 valence electrons. The van der Waals surface area contributed by atoms with Crippen molar-refractivity contribution in [2.24, 2.45) is 0 Å². The Kier molecular flexibility index (Phi) is 4.15. The zero-order valence-corrected chi connectivity index (χ0v) is 11.8. The van der Waals surface area contributed by atoms with Gasteiger partial charge in [-0.15, -0.1) is 0 Å². The molecule has 0 bridgehead atoms. The highest BCUT2D eigenvalue weighted by atomic mass is 19.1. The number of para-hydroxylation sites is 1. The van der Waals surface area contributed by atoms with Crippen LogP contribution < -0.4 is 5.32 Å². The van der Waals surface area contributed by atoms with Crippen molar-refractivity contribution < 1.29 is 4.39 Å². The van der Waals surface area contributed by atoms with E-state index in [1.54, 1.807) is 6.20 Å². The maximum absolute atomic E-state index is 14.1. The lowest BCUT2D eigenvalue weighted by molar-refractivity contribution is 0.285. The van der Waals surface area contributed by atoms with Crippen molar-refractivity contribution in [3.05, 3.63) is 42.1 Å². The molecule has 0 fully saturated rings. The molecule has 1 aromatic heterocycles. The Labute approximate surface area is 114 Å². The van der Waals surface area contributed by atoms with Crippen molar-refractivity contribution in [1.82, 2.24) is 10.3 Å². The summed E-state index contributed by atoms with van der Waals surface area (Å²) in [5.41, 5.74) is 1.90. The standard InChI is InChI=1S/C16H21FN2/c1-16(2,3)19-11-13(17)10-12-8-9-18-15-7-5-4-6-14(12)15/h4-9,13,19H,10-11H2,1-3H3. The summed E-state index contributed by atoms with van der Waals surface area (Å²) in [5.74, 6) is 0. The lowest BCUT2D eigenvalue weighted by atomic mass is 10.0. The minimum Gasteiger partial charge on any atom is -0.309 e. The van der Waals surface area contributed by atoms with Crippen LogP contribution in [-0.2, 0) is 6.42 Å². The van der Waals surface area contributed by atoms with E-state index >= 15 is 0 Å². The fraction of sp³-hybridized carbons (Fsp3) is 0.438. The van der Waals surface area contributed by atoms with Crippen LogP contribution >= 0.6 is 0 Å². The summed E-state index contributed by atoms with van der Waals surface area (Å²) in [6.45, 7) is 6.50. The first-order valence-corrected chi connectivity index (χ1v) is 6.67. The summed E-state index contributed by atoms with van der Waals surface area (Å²) in [6.07, 6.45) is 1.29. The highest BCUT2D eigenvalue weighted by Gasteiger charge is 2.14. The van der Waals surface area contributed by atoms with E-state index in [1.165, 1.54) is 0 Å². The number of hydrogen-bond acceptors (Lipinski definition) is 2. The van der Waals surface area contributed by atoms with E-state index in [-0.39, 0.29) is 5.54 Å². The maximum Gasteiger partial charge on any atom is 0.117 e.